The zero-order valence-electron chi connectivity index (χ0n) is 16.2. The molecule has 1 aliphatic heterocycles. The van der Waals surface area contributed by atoms with Crippen molar-refractivity contribution in [2.45, 2.75) is 26.2 Å². The van der Waals surface area contributed by atoms with Gasteiger partial charge in [-0.05, 0) is 29.2 Å². The van der Waals surface area contributed by atoms with Gasteiger partial charge < -0.3 is 15.1 Å². The quantitative estimate of drug-likeness (QED) is 0.831. The summed E-state index contributed by atoms with van der Waals surface area (Å²) in [6, 6.07) is 17.8. The molecule has 0 saturated carbocycles. The van der Waals surface area contributed by atoms with Crippen LogP contribution in [0.1, 0.15) is 26.3 Å². The van der Waals surface area contributed by atoms with E-state index in [1.165, 1.54) is 0 Å². The third-order valence-electron chi connectivity index (χ3n) is 4.87. The van der Waals surface area contributed by atoms with Gasteiger partial charge in [0.2, 0.25) is 0 Å². The maximum atomic E-state index is 12.6. The Morgan fingerprint density at radius 3 is 2.07 bits per heavy atom. The lowest BCUT2D eigenvalue weighted by Crippen LogP contribution is -2.51. The minimum atomic E-state index is -0.570. The number of hydrogen-bond donors (Lipinski definition) is 1. The van der Waals surface area contributed by atoms with E-state index in [4.69, 9.17) is 0 Å². The molecule has 0 spiro atoms. The Kier molecular flexibility index (Phi) is 5.49. The van der Waals surface area contributed by atoms with Crippen molar-refractivity contribution in [2.75, 3.05) is 36.4 Å². The average molecular weight is 365 g/mol. The molecule has 0 radical (unpaired) electrons. The number of carbonyl (C=O) groups is 2. The molecule has 27 heavy (non-hydrogen) atoms. The number of para-hydroxylation sites is 2. The zero-order valence-corrected chi connectivity index (χ0v) is 16.2. The van der Waals surface area contributed by atoms with Crippen molar-refractivity contribution >= 4 is 23.2 Å². The van der Waals surface area contributed by atoms with E-state index in [-0.39, 0.29) is 5.41 Å². The van der Waals surface area contributed by atoms with Crippen molar-refractivity contribution in [3.63, 3.8) is 0 Å². The molecule has 2 aromatic carbocycles. The van der Waals surface area contributed by atoms with Crippen LogP contribution < -0.4 is 10.2 Å². The van der Waals surface area contributed by atoms with Crippen molar-refractivity contribution in [1.82, 2.24) is 4.90 Å². The summed E-state index contributed by atoms with van der Waals surface area (Å²) in [6.07, 6.45) is 0. The van der Waals surface area contributed by atoms with Crippen molar-refractivity contribution in [3.8, 4) is 0 Å². The molecule has 2 amide bonds. The third-order valence-corrected chi connectivity index (χ3v) is 4.87. The first-order valence-corrected chi connectivity index (χ1v) is 9.36. The van der Waals surface area contributed by atoms with Crippen LogP contribution in [-0.4, -0.2) is 42.9 Å². The Morgan fingerprint density at radius 2 is 1.44 bits per heavy atom. The molecule has 5 heteroatoms. The number of benzene rings is 2. The minimum Gasteiger partial charge on any atom is -0.368 e. The van der Waals surface area contributed by atoms with E-state index < -0.39 is 11.8 Å². The van der Waals surface area contributed by atoms with E-state index in [1.54, 1.807) is 4.90 Å². The van der Waals surface area contributed by atoms with Crippen LogP contribution in [-0.2, 0) is 15.0 Å². The number of nitrogens with one attached hydrogen (secondary N) is 1. The first-order valence-electron chi connectivity index (χ1n) is 9.36. The Hall–Kier alpha value is -2.82. The summed E-state index contributed by atoms with van der Waals surface area (Å²) < 4.78 is 0. The monoisotopic (exact) mass is 365 g/mol. The Morgan fingerprint density at radius 1 is 0.852 bits per heavy atom. The zero-order chi connectivity index (χ0) is 19.4. The van der Waals surface area contributed by atoms with Gasteiger partial charge in [0.1, 0.15) is 0 Å². The van der Waals surface area contributed by atoms with Gasteiger partial charge >= 0.3 is 11.8 Å². The summed E-state index contributed by atoms with van der Waals surface area (Å²) in [7, 11) is 0. The summed E-state index contributed by atoms with van der Waals surface area (Å²) >= 11 is 0. The topological polar surface area (TPSA) is 52.7 Å². The van der Waals surface area contributed by atoms with Crippen molar-refractivity contribution < 1.29 is 9.59 Å². The maximum Gasteiger partial charge on any atom is 0.313 e. The van der Waals surface area contributed by atoms with Gasteiger partial charge in [0.25, 0.3) is 0 Å². The SMILES string of the molecule is CC(C)(C)c1ccccc1NC(=O)C(=O)N1CCN(c2ccccc2)CC1. The summed E-state index contributed by atoms with van der Waals surface area (Å²) in [5, 5.41) is 2.81. The Balaban J connectivity index is 1.62. The summed E-state index contributed by atoms with van der Waals surface area (Å²) in [6.45, 7) is 8.79. The van der Waals surface area contributed by atoms with Gasteiger partial charge in [-0.25, -0.2) is 0 Å². The van der Waals surface area contributed by atoms with E-state index >= 15 is 0 Å². The second-order valence-electron chi connectivity index (χ2n) is 7.86. The molecule has 1 saturated heterocycles. The number of amides is 2. The summed E-state index contributed by atoms with van der Waals surface area (Å²) in [5.74, 6) is -1.04. The number of nitrogens with zero attached hydrogens (tertiary/aromatic N) is 2. The average Bonchev–Trinajstić information content (AvgIpc) is 2.68. The number of piperazine rings is 1. The third kappa shape index (κ3) is 4.48. The number of hydrogen-bond acceptors (Lipinski definition) is 3. The Bertz CT molecular complexity index is 804. The van der Waals surface area contributed by atoms with Crippen LogP contribution in [0.2, 0.25) is 0 Å². The maximum absolute atomic E-state index is 12.6. The Labute approximate surface area is 161 Å². The lowest BCUT2D eigenvalue weighted by molar-refractivity contribution is -0.143. The van der Waals surface area contributed by atoms with Crippen LogP contribution >= 0.6 is 0 Å². The van der Waals surface area contributed by atoms with Crippen LogP contribution in [0.4, 0.5) is 11.4 Å². The first-order chi connectivity index (χ1) is 12.9. The molecule has 3 rings (SSSR count). The van der Waals surface area contributed by atoms with E-state index in [9.17, 15) is 9.59 Å². The predicted octanol–water partition coefficient (Wildman–Crippen LogP) is 3.27. The van der Waals surface area contributed by atoms with Crippen LogP contribution in [0.5, 0.6) is 0 Å². The van der Waals surface area contributed by atoms with Crippen LogP contribution in [0.25, 0.3) is 0 Å². The van der Waals surface area contributed by atoms with Gasteiger partial charge in [0, 0.05) is 37.6 Å². The highest BCUT2D eigenvalue weighted by Gasteiger charge is 2.27. The smallest absolute Gasteiger partial charge is 0.313 e. The number of carbonyl (C=O) groups excluding carboxylic acids is 2. The highest BCUT2D eigenvalue weighted by Crippen LogP contribution is 2.29. The van der Waals surface area contributed by atoms with E-state index in [2.05, 4.69) is 43.1 Å². The fourth-order valence-electron chi connectivity index (χ4n) is 3.37. The number of anilines is 2. The normalized spacial score (nSPS) is 14.8. The molecule has 0 bridgehead atoms. The highest BCUT2D eigenvalue weighted by atomic mass is 16.2. The molecule has 142 valence electrons. The summed E-state index contributed by atoms with van der Waals surface area (Å²) in [4.78, 5) is 29.0. The van der Waals surface area contributed by atoms with Crippen molar-refractivity contribution in [1.29, 1.82) is 0 Å². The molecule has 0 aromatic heterocycles. The standard InChI is InChI=1S/C22H27N3O2/c1-22(2,3)18-11-7-8-12-19(18)23-20(26)21(27)25-15-13-24(14-16-25)17-9-5-4-6-10-17/h4-12H,13-16H2,1-3H3,(H,23,26). The second-order valence-corrected chi connectivity index (χ2v) is 7.86. The first kappa shape index (κ1) is 19.0. The predicted molar refractivity (Wildman–Crippen MR) is 109 cm³/mol. The van der Waals surface area contributed by atoms with Crippen LogP contribution in [0.3, 0.4) is 0 Å². The van der Waals surface area contributed by atoms with Gasteiger partial charge in [-0.1, -0.05) is 57.2 Å². The molecule has 5 nitrogen and oxygen atoms in total. The van der Waals surface area contributed by atoms with Gasteiger partial charge in [-0.15, -0.1) is 0 Å². The summed E-state index contributed by atoms with van der Waals surface area (Å²) in [5.41, 5.74) is 2.74. The van der Waals surface area contributed by atoms with Crippen LogP contribution in [0.15, 0.2) is 54.6 Å². The minimum absolute atomic E-state index is 0.117. The van der Waals surface area contributed by atoms with Gasteiger partial charge in [0.05, 0.1) is 0 Å². The van der Waals surface area contributed by atoms with Crippen molar-refractivity contribution in [2.24, 2.45) is 0 Å². The largest absolute Gasteiger partial charge is 0.368 e. The number of rotatable bonds is 2. The fraction of sp³-hybridized carbons (Fsp3) is 0.364. The van der Waals surface area contributed by atoms with Gasteiger partial charge in [-0.3, -0.25) is 9.59 Å². The molecule has 0 unspecified atom stereocenters. The van der Waals surface area contributed by atoms with E-state index in [0.29, 0.717) is 18.8 Å². The molecule has 1 aliphatic rings. The van der Waals surface area contributed by atoms with Crippen molar-refractivity contribution in [3.05, 3.63) is 60.2 Å². The molecule has 2 aromatic rings. The molecule has 1 fully saturated rings. The molecular weight excluding hydrogens is 338 g/mol. The molecular formula is C22H27N3O2. The van der Waals surface area contributed by atoms with E-state index in [1.807, 2.05) is 42.5 Å². The molecule has 1 N–H and O–H groups in total. The second kappa shape index (κ2) is 7.82. The molecule has 0 aliphatic carbocycles. The molecule has 0 atom stereocenters. The lowest BCUT2D eigenvalue weighted by atomic mass is 9.86. The molecule has 1 heterocycles. The lowest BCUT2D eigenvalue weighted by Gasteiger charge is -2.35. The van der Waals surface area contributed by atoms with Crippen LogP contribution in [0, 0.1) is 0 Å². The van der Waals surface area contributed by atoms with Gasteiger partial charge in [-0.2, -0.15) is 0 Å². The van der Waals surface area contributed by atoms with Gasteiger partial charge in [0.15, 0.2) is 0 Å². The highest BCUT2D eigenvalue weighted by molar-refractivity contribution is 6.39. The van der Waals surface area contributed by atoms with E-state index in [0.717, 1.165) is 24.3 Å². The fourth-order valence-corrected chi connectivity index (χ4v) is 3.37.